The Kier molecular flexibility index (Phi) is 4.87. The molecule has 1 aliphatic rings. The molecule has 0 amide bonds. The van der Waals surface area contributed by atoms with E-state index >= 15 is 0 Å². The van der Waals surface area contributed by atoms with Crippen LogP contribution in [0.2, 0.25) is 0 Å². The number of benzene rings is 1. The second kappa shape index (κ2) is 6.91. The highest BCUT2D eigenvalue weighted by atomic mass is 16.5. The Labute approximate surface area is 142 Å². The summed E-state index contributed by atoms with van der Waals surface area (Å²) in [7, 11) is 0. The number of hydrogen-bond donors (Lipinski definition) is 0. The highest BCUT2D eigenvalue weighted by Crippen LogP contribution is 2.18. The summed E-state index contributed by atoms with van der Waals surface area (Å²) in [5.74, 6) is 0.0653. The molecule has 1 aromatic carbocycles. The topological polar surface area (TPSA) is 60.5 Å². The summed E-state index contributed by atoms with van der Waals surface area (Å²) in [5.41, 5.74) is 2.02. The average Bonchev–Trinajstić information content (AvgIpc) is 2.90. The third-order valence-electron chi connectivity index (χ3n) is 4.08. The Hall–Kier alpha value is -1.92. The summed E-state index contributed by atoms with van der Waals surface area (Å²) in [6.07, 6.45) is 0. The van der Waals surface area contributed by atoms with Crippen LogP contribution >= 0.6 is 0 Å². The van der Waals surface area contributed by atoms with Gasteiger partial charge in [-0.05, 0) is 11.1 Å². The molecule has 1 aliphatic heterocycles. The molecule has 2 aromatic rings. The van der Waals surface area contributed by atoms with Gasteiger partial charge in [0.15, 0.2) is 0 Å². The molecule has 1 saturated heterocycles. The summed E-state index contributed by atoms with van der Waals surface area (Å²) in [6.45, 7) is 10.8. The number of rotatable bonds is 4. The molecule has 0 atom stereocenters. The van der Waals surface area contributed by atoms with Crippen molar-refractivity contribution in [2.24, 2.45) is 0 Å². The van der Waals surface area contributed by atoms with Crippen LogP contribution in [0, 0.1) is 0 Å². The van der Waals surface area contributed by atoms with Gasteiger partial charge in [-0.1, -0.05) is 45.0 Å². The van der Waals surface area contributed by atoms with Crippen molar-refractivity contribution in [2.45, 2.75) is 39.3 Å². The zero-order valence-corrected chi connectivity index (χ0v) is 14.6. The summed E-state index contributed by atoms with van der Waals surface area (Å²) < 4.78 is 12.1. The van der Waals surface area contributed by atoms with Crippen molar-refractivity contribution in [2.75, 3.05) is 26.3 Å². The lowest BCUT2D eigenvalue weighted by Crippen LogP contribution is -2.35. The van der Waals surface area contributed by atoms with E-state index in [-0.39, 0.29) is 5.41 Å². The van der Waals surface area contributed by atoms with Gasteiger partial charge in [0.25, 0.3) is 0 Å². The molecule has 0 bridgehead atoms. The standard InChI is InChI=1S/C18H25N3O3/c1-18(2,3)16-19-21(17(22)24-16)13-15-6-4-5-14(11-15)12-20-7-9-23-10-8-20/h4-6,11H,7-10,12-13H2,1-3H3. The van der Waals surface area contributed by atoms with Gasteiger partial charge in [-0.25, -0.2) is 4.79 Å². The Morgan fingerprint density at radius 3 is 2.42 bits per heavy atom. The van der Waals surface area contributed by atoms with Gasteiger partial charge in [-0.15, -0.1) is 5.10 Å². The Morgan fingerprint density at radius 2 is 1.79 bits per heavy atom. The average molecular weight is 331 g/mol. The Balaban J connectivity index is 1.72. The van der Waals surface area contributed by atoms with Crippen LogP contribution in [-0.2, 0) is 23.2 Å². The summed E-state index contributed by atoms with van der Waals surface area (Å²) in [6, 6.07) is 8.29. The summed E-state index contributed by atoms with van der Waals surface area (Å²) in [5, 5.41) is 4.33. The molecule has 1 fully saturated rings. The molecule has 6 heteroatoms. The van der Waals surface area contributed by atoms with Crippen molar-refractivity contribution in [1.29, 1.82) is 0 Å². The van der Waals surface area contributed by atoms with Gasteiger partial charge < -0.3 is 9.15 Å². The lowest BCUT2D eigenvalue weighted by atomic mass is 9.97. The van der Waals surface area contributed by atoms with E-state index in [0.717, 1.165) is 38.4 Å². The molecule has 24 heavy (non-hydrogen) atoms. The molecule has 0 spiro atoms. The van der Waals surface area contributed by atoms with Gasteiger partial charge in [0.1, 0.15) is 0 Å². The van der Waals surface area contributed by atoms with Crippen molar-refractivity contribution in [3.8, 4) is 0 Å². The van der Waals surface area contributed by atoms with E-state index in [1.165, 1.54) is 10.2 Å². The molecule has 6 nitrogen and oxygen atoms in total. The quantitative estimate of drug-likeness (QED) is 0.858. The second-order valence-corrected chi connectivity index (χ2v) is 7.29. The largest absolute Gasteiger partial charge is 0.437 e. The molecule has 0 saturated carbocycles. The van der Waals surface area contributed by atoms with Gasteiger partial charge in [-0.3, -0.25) is 4.90 Å². The van der Waals surface area contributed by atoms with E-state index in [2.05, 4.69) is 22.1 Å². The smallest absolute Gasteiger partial charge is 0.392 e. The number of hydrogen-bond acceptors (Lipinski definition) is 5. The number of morpholine rings is 1. The maximum Gasteiger partial charge on any atom is 0.437 e. The van der Waals surface area contributed by atoms with Crippen molar-refractivity contribution in [3.05, 3.63) is 51.8 Å². The molecule has 0 aliphatic carbocycles. The van der Waals surface area contributed by atoms with Crippen LogP contribution in [0.4, 0.5) is 0 Å². The molecule has 3 rings (SSSR count). The molecule has 0 radical (unpaired) electrons. The fourth-order valence-electron chi connectivity index (χ4n) is 2.73. The predicted octanol–water partition coefficient (Wildman–Crippen LogP) is 2.01. The van der Waals surface area contributed by atoms with E-state index in [4.69, 9.17) is 9.15 Å². The van der Waals surface area contributed by atoms with E-state index < -0.39 is 5.76 Å². The van der Waals surface area contributed by atoms with Crippen LogP contribution in [0.5, 0.6) is 0 Å². The highest BCUT2D eigenvalue weighted by molar-refractivity contribution is 5.23. The maximum atomic E-state index is 12.0. The van der Waals surface area contributed by atoms with Crippen LogP contribution in [-0.4, -0.2) is 41.0 Å². The van der Waals surface area contributed by atoms with Gasteiger partial charge in [0.2, 0.25) is 5.89 Å². The van der Waals surface area contributed by atoms with Gasteiger partial charge in [0, 0.05) is 25.0 Å². The van der Waals surface area contributed by atoms with Crippen molar-refractivity contribution in [3.63, 3.8) is 0 Å². The molecule has 0 N–H and O–H groups in total. The first-order valence-corrected chi connectivity index (χ1v) is 8.38. The van der Waals surface area contributed by atoms with Crippen molar-refractivity contribution < 1.29 is 9.15 Å². The van der Waals surface area contributed by atoms with E-state index in [0.29, 0.717) is 12.4 Å². The Morgan fingerprint density at radius 1 is 1.12 bits per heavy atom. The normalized spacial score (nSPS) is 16.5. The first-order valence-electron chi connectivity index (χ1n) is 8.38. The second-order valence-electron chi connectivity index (χ2n) is 7.29. The molecule has 2 heterocycles. The lowest BCUT2D eigenvalue weighted by molar-refractivity contribution is 0.0342. The number of ether oxygens (including phenoxy) is 1. The third kappa shape index (κ3) is 4.13. The van der Waals surface area contributed by atoms with Crippen LogP contribution in [0.1, 0.15) is 37.8 Å². The maximum absolute atomic E-state index is 12.0. The SMILES string of the molecule is CC(C)(C)c1nn(Cc2cccc(CN3CCOCC3)c2)c(=O)o1. The molecular weight excluding hydrogens is 306 g/mol. The van der Waals surface area contributed by atoms with Crippen LogP contribution in [0.25, 0.3) is 0 Å². The predicted molar refractivity (Wildman–Crippen MR) is 91.1 cm³/mol. The Bertz CT molecular complexity index is 736. The van der Waals surface area contributed by atoms with Gasteiger partial charge >= 0.3 is 5.76 Å². The van der Waals surface area contributed by atoms with Crippen LogP contribution in [0.15, 0.2) is 33.5 Å². The minimum atomic E-state index is -0.404. The van der Waals surface area contributed by atoms with Crippen molar-refractivity contribution in [1.82, 2.24) is 14.7 Å². The molecule has 130 valence electrons. The third-order valence-corrected chi connectivity index (χ3v) is 4.08. The number of nitrogens with zero attached hydrogens (tertiary/aromatic N) is 3. The first kappa shape index (κ1) is 16.9. The van der Waals surface area contributed by atoms with Gasteiger partial charge in [-0.2, -0.15) is 4.68 Å². The van der Waals surface area contributed by atoms with Crippen LogP contribution < -0.4 is 5.76 Å². The monoisotopic (exact) mass is 331 g/mol. The number of aromatic nitrogens is 2. The van der Waals surface area contributed by atoms with Crippen molar-refractivity contribution >= 4 is 0 Å². The zero-order chi connectivity index (χ0) is 17.2. The van der Waals surface area contributed by atoms with E-state index in [9.17, 15) is 4.79 Å². The minimum absolute atomic E-state index is 0.275. The summed E-state index contributed by atoms with van der Waals surface area (Å²) >= 11 is 0. The summed E-state index contributed by atoms with van der Waals surface area (Å²) in [4.78, 5) is 14.4. The van der Waals surface area contributed by atoms with Gasteiger partial charge in [0.05, 0.1) is 19.8 Å². The fraction of sp³-hybridized carbons (Fsp3) is 0.556. The lowest BCUT2D eigenvalue weighted by Gasteiger charge is -2.26. The molecule has 1 aromatic heterocycles. The highest BCUT2D eigenvalue weighted by Gasteiger charge is 2.22. The van der Waals surface area contributed by atoms with E-state index in [1.54, 1.807) is 0 Å². The molecular formula is C18H25N3O3. The van der Waals surface area contributed by atoms with E-state index in [1.807, 2.05) is 32.9 Å². The zero-order valence-electron chi connectivity index (χ0n) is 14.6. The minimum Gasteiger partial charge on any atom is -0.392 e. The van der Waals surface area contributed by atoms with Crippen LogP contribution in [0.3, 0.4) is 0 Å². The molecule has 0 unspecified atom stereocenters. The first-order chi connectivity index (χ1) is 11.4. The fourth-order valence-corrected chi connectivity index (χ4v) is 2.73.